The number of halogens is 1. The molecule has 6 nitrogen and oxygen atoms in total. The summed E-state index contributed by atoms with van der Waals surface area (Å²) in [4.78, 5) is 18.8. The standard InChI is InChI=1S/C18H23ClN4O2/c1-2-9-20-18(24)14-4-3-10-23(11-14)12-16-21-17(22-25-16)13-5-7-15(19)8-6-13/h5-8,14H,2-4,9-12H2,1H3,(H,20,24). The molecular weight excluding hydrogens is 340 g/mol. The lowest BCUT2D eigenvalue weighted by Gasteiger charge is -2.30. The molecule has 3 rings (SSSR count). The van der Waals surface area contributed by atoms with Gasteiger partial charge in [-0.1, -0.05) is 23.7 Å². The van der Waals surface area contributed by atoms with E-state index in [0.717, 1.165) is 44.5 Å². The third kappa shape index (κ3) is 4.80. The predicted molar refractivity (Wildman–Crippen MR) is 96.0 cm³/mol. The summed E-state index contributed by atoms with van der Waals surface area (Å²) < 4.78 is 5.38. The number of rotatable bonds is 6. The molecule has 134 valence electrons. The maximum Gasteiger partial charge on any atom is 0.241 e. The highest BCUT2D eigenvalue weighted by atomic mass is 35.5. The van der Waals surface area contributed by atoms with Crippen LogP contribution in [0.3, 0.4) is 0 Å². The fraction of sp³-hybridized carbons (Fsp3) is 0.500. The third-order valence-corrected chi connectivity index (χ3v) is 4.61. The number of nitrogens with one attached hydrogen (secondary N) is 1. The van der Waals surface area contributed by atoms with Crippen LogP contribution in [0.15, 0.2) is 28.8 Å². The minimum absolute atomic E-state index is 0.0407. The normalized spacial score (nSPS) is 18.2. The van der Waals surface area contributed by atoms with Crippen LogP contribution < -0.4 is 5.32 Å². The molecule has 1 aromatic carbocycles. The second-order valence-corrected chi connectivity index (χ2v) is 6.82. The summed E-state index contributed by atoms with van der Waals surface area (Å²) in [6, 6.07) is 7.34. The smallest absolute Gasteiger partial charge is 0.241 e. The average Bonchev–Trinajstić information content (AvgIpc) is 3.09. The van der Waals surface area contributed by atoms with Gasteiger partial charge in [0.15, 0.2) is 0 Å². The van der Waals surface area contributed by atoms with Crippen molar-refractivity contribution in [3.05, 3.63) is 35.2 Å². The summed E-state index contributed by atoms with van der Waals surface area (Å²) in [5.74, 6) is 1.32. The molecule has 25 heavy (non-hydrogen) atoms. The molecule has 1 aliphatic heterocycles. The molecule has 1 saturated heterocycles. The van der Waals surface area contributed by atoms with Gasteiger partial charge in [0.05, 0.1) is 12.5 Å². The van der Waals surface area contributed by atoms with Crippen molar-refractivity contribution >= 4 is 17.5 Å². The number of hydrogen-bond acceptors (Lipinski definition) is 5. The van der Waals surface area contributed by atoms with Gasteiger partial charge in [-0.25, -0.2) is 0 Å². The molecular formula is C18H23ClN4O2. The average molecular weight is 363 g/mol. The van der Waals surface area contributed by atoms with Crippen LogP contribution in [0.5, 0.6) is 0 Å². The van der Waals surface area contributed by atoms with E-state index in [9.17, 15) is 4.79 Å². The van der Waals surface area contributed by atoms with Gasteiger partial charge >= 0.3 is 0 Å². The maximum absolute atomic E-state index is 12.2. The zero-order valence-electron chi connectivity index (χ0n) is 14.4. The van der Waals surface area contributed by atoms with Gasteiger partial charge in [0.1, 0.15) is 0 Å². The van der Waals surface area contributed by atoms with Crippen LogP contribution in [0.1, 0.15) is 32.1 Å². The van der Waals surface area contributed by atoms with Gasteiger partial charge in [0.25, 0.3) is 0 Å². The van der Waals surface area contributed by atoms with Crippen molar-refractivity contribution in [2.75, 3.05) is 19.6 Å². The Kier molecular flexibility index (Phi) is 6.04. The van der Waals surface area contributed by atoms with Crippen LogP contribution in [-0.4, -0.2) is 40.6 Å². The maximum atomic E-state index is 12.2. The highest BCUT2D eigenvalue weighted by molar-refractivity contribution is 6.30. The van der Waals surface area contributed by atoms with E-state index < -0.39 is 0 Å². The fourth-order valence-corrected chi connectivity index (χ4v) is 3.16. The summed E-state index contributed by atoms with van der Waals surface area (Å²) in [5, 5.41) is 7.70. The number of benzene rings is 1. The van der Waals surface area contributed by atoms with E-state index >= 15 is 0 Å². The molecule has 1 N–H and O–H groups in total. The van der Waals surface area contributed by atoms with Crippen LogP contribution in [0.2, 0.25) is 5.02 Å². The summed E-state index contributed by atoms with van der Waals surface area (Å²) in [7, 11) is 0. The summed E-state index contributed by atoms with van der Waals surface area (Å²) >= 11 is 5.90. The first-order valence-corrected chi connectivity index (χ1v) is 9.12. The van der Waals surface area contributed by atoms with Crippen LogP contribution >= 0.6 is 11.6 Å². The largest absolute Gasteiger partial charge is 0.356 e. The molecule has 2 aromatic rings. The van der Waals surface area contributed by atoms with Crippen molar-refractivity contribution in [2.24, 2.45) is 5.92 Å². The van der Waals surface area contributed by atoms with Crippen molar-refractivity contribution in [1.82, 2.24) is 20.4 Å². The highest BCUT2D eigenvalue weighted by Crippen LogP contribution is 2.21. The monoisotopic (exact) mass is 362 g/mol. The SMILES string of the molecule is CCCNC(=O)C1CCCN(Cc2nc(-c3ccc(Cl)cc3)no2)C1. The van der Waals surface area contributed by atoms with Crippen LogP contribution in [0.25, 0.3) is 11.4 Å². The number of aromatic nitrogens is 2. The van der Waals surface area contributed by atoms with E-state index in [1.54, 1.807) is 12.1 Å². The van der Waals surface area contributed by atoms with E-state index in [4.69, 9.17) is 16.1 Å². The first-order valence-electron chi connectivity index (χ1n) is 8.74. The van der Waals surface area contributed by atoms with E-state index in [2.05, 4.69) is 27.3 Å². The van der Waals surface area contributed by atoms with Gasteiger partial charge < -0.3 is 9.84 Å². The number of carbonyl (C=O) groups is 1. The minimum atomic E-state index is 0.0407. The summed E-state index contributed by atoms with van der Waals surface area (Å²) in [5.41, 5.74) is 0.870. The first kappa shape index (κ1) is 17.9. The van der Waals surface area contributed by atoms with Gasteiger partial charge in [-0.2, -0.15) is 4.98 Å². The van der Waals surface area contributed by atoms with Gasteiger partial charge in [-0.05, 0) is 50.1 Å². The Morgan fingerprint density at radius 3 is 2.96 bits per heavy atom. The molecule has 0 saturated carbocycles. The second-order valence-electron chi connectivity index (χ2n) is 6.38. The zero-order chi connectivity index (χ0) is 17.6. The minimum Gasteiger partial charge on any atom is -0.356 e. The molecule has 1 unspecified atom stereocenters. The molecule has 7 heteroatoms. The Labute approximate surface area is 152 Å². The van der Waals surface area contributed by atoms with Crippen LogP contribution in [0.4, 0.5) is 0 Å². The Morgan fingerprint density at radius 2 is 2.20 bits per heavy atom. The highest BCUT2D eigenvalue weighted by Gasteiger charge is 2.26. The number of likely N-dealkylation sites (tertiary alicyclic amines) is 1. The van der Waals surface area contributed by atoms with Crippen molar-refractivity contribution in [1.29, 1.82) is 0 Å². The van der Waals surface area contributed by atoms with E-state index in [-0.39, 0.29) is 11.8 Å². The second kappa shape index (κ2) is 8.45. The quantitative estimate of drug-likeness (QED) is 0.854. The van der Waals surface area contributed by atoms with Crippen LogP contribution in [-0.2, 0) is 11.3 Å². The Hall–Kier alpha value is -1.92. The van der Waals surface area contributed by atoms with Gasteiger partial charge in [-0.3, -0.25) is 9.69 Å². The van der Waals surface area contributed by atoms with Gasteiger partial charge in [0.2, 0.25) is 17.6 Å². The van der Waals surface area contributed by atoms with Crippen LogP contribution in [0, 0.1) is 5.92 Å². The Bertz CT molecular complexity index is 701. The van der Waals surface area contributed by atoms with Gasteiger partial charge in [0, 0.05) is 23.7 Å². The lowest BCUT2D eigenvalue weighted by atomic mass is 9.97. The zero-order valence-corrected chi connectivity index (χ0v) is 15.1. The predicted octanol–water partition coefficient (Wildman–Crippen LogP) is 3.13. The Morgan fingerprint density at radius 1 is 1.40 bits per heavy atom. The molecule has 1 fully saturated rings. The van der Waals surface area contributed by atoms with E-state index in [1.165, 1.54) is 0 Å². The summed E-state index contributed by atoms with van der Waals surface area (Å²) in [6.45, 7) is 5.04. The molecule has 0 bridgehead atoms. The van der Waals surface area contributed by atoms with Crippen molar-refractivity contribution in [2.45, 2.75) is 32.7 Å². The molecule has 1 aromatic heterocycles. The molecule has 1 aliphatic rings. The fourth-order valence-electron chi connectivity index (χ4n) is 3.03. The lowest BCUT2D eigenvalue weighted by molar-refractivity contribution is -0.126. The molecule has 0 radical (unpaired) electrons. The molecule has 1 amide bonds. The Balaban J connectivity index is 1.59. The molecule has 2 heterocycles. The number of nitrogens with zero attached hydrogens (tertiary/aromatic N) is 3. The van der Waals surface area contributed by atoms with E-state index in [0.29, 0.717) is 23.3 Å². The topological polar surface area (TPSA) is 71.3 Å². The number of hydrogen-bond donors (Lipinski definition) is 1. The van der Waals surface area contributed by atoms with Crippen molar-refractivity contribution in [3.8, 4) is 11.4 Å². The molecule has 0 aliphatic carbocycles. The molecule has 0 spiro atoms. The third-order valence-electron chi connectivity index (χ3n) is 4.35. The van der Waals surface area contributed by atoms with Gasteiger partial charge in [-0.15, -0.1) is 0 Å². The number of carbonyl (C=O) groups excluding carboxylic acids is 1. The van der Waals surface area contributed by atoms with Crippen molar-refractivity contribution in [3.63, 3.8) is 0 Å². The number of piperidine rings is 1. The lowest BCUT2D eigenvalue weighted by Crippen LogP contribution is -2.42. The molecule has 1 atom stereocenters. The first-order chi connectivity index (χ1) is 12.2. The van der Waals surface area contributed by atoms with E-state index in [1.807, 2.05) is 12.1 Å². The number of amides is 1. The summed E-state index contributed by atoms with van der Waals surface area (Å²) in [6.07, 6.45) is 2.89. The van der Waals surface area contributed by atoms with Crippen molar-refractivity contribution < 1.29 is 9.32 Å².